The fourth-order valence-corrected chi connectivity index (χ4v) is 4.76. The Hall–Kier alpha value is -2.87. The van der Waals surface area contributed by atoms with Crippen molar-refractivity contribution < 1.29 is 9.53 Å². The second kappa shape index (κ2) is 6.14. The average Bonchev–Trinajstić information content (AvgIpc) is 2.73. The van der Waals surface area contributed by atoms with Crippen LogP contribution in [0.15, 0.2) is 78.9 Å². The normalized spacial score (nSPS) is 22.4. The molecule has 0 saturated carbocycles. The van der Waals surface area contributed by atoms with Gasteiger partial charge in [0.05, 0.1) is 12.2 Å². The highest BCUT2D eigenvalue weighted by Gasteiger charge is 2.43. The van der Waals surface area contributed by atoms with Crippen molar-refractivity contribution in [1.82, 2.24) is 0 Å². The van der Waals surface area contributed by atoms with Crippen LogP contribution in [0.25, 0.3) is 0 Å². The van der Waals surface area contributed by atoms with E-state index >= 15 is 0 Å². The molecule has 0 heterocycles. The van der Waals surface area contributed by atoms with E-state index in [1.807, 2.05) is 18.2 Å². The van der Waals surface area contributed by atoms with Crippen LogP contribution in [0, 0.1) is 5.92 Å². The zero-order chi connectivity index (χ0) is 17.5. The summed E-state index contributed by atoms with van der Waals surface area (Å²) in [7, 11) is 0. The summed E-state index contributed by atoms with van der Waals surface area (Å²) in [6.45, 7) is 0.470. The summed E-state index contributed by atoms with van der Waals surface area (Å²) in [5.41, 5.74) is 6.32. The van der Waals surface area contributed by atoms with Crippen LogP contribution in [0.4, 0.5) is 0 Å². The van der Waals surface area contributed by atoms with Crippen molar-refractivity contribution in [3.8, 4) is 0 Å². The smallest absolute Gasteiger partial charge is 0.338 e. The first kappa shape index (κ1) is 15.4. The van der Waals surface area contributed by atoms with E-state index in [0.717, 1.165) is 6.42 Å². The lowest BCUT2D eigenvalue weighted by Crippen LogP contribution is -2.34. The van der Waals surface area contributed by atoms with E-state index in [1.165, 1.54) is 22.3 Å². The van der Waals surface area contributed by atoms with Crippen LogP contribution in [0.3, 0.4) is 0 Å². The largest absolute Gasteiger partial charge is 0.462 e. The molecule has 0 spiro atoms. The number of hydrogen-bond donors (Lipinski definition) is 0. The molecule has 3 aliphatic carbocycles. The molecule has 0 aliphatic heterocycles. The van der Waals surface area contributed by atoms with Gasteiger partial charge in [-0.15, -0.1) is 0 Å². The molecule has 0 amide bonds. The molecule has 0 radical (unpaired) electrons. The van der Waals surface area contributed by atoms with E-state index in [4.69, 9.17) is 4.74 Å². The molecule has 0 saturated heterocycles. The van der Waals surface area contributed by atoms with E-state index in [1.54, 1.807) is 12.1 Å². The van der Waals surface area contributed by atoms with Gasteiger partial charge in [-0.05, 0) is 40.8 Å². The molecule has 128 valence electrons. The summed E-state index contributed by atoms with van der Waals surface area (Å²) in [5.74, 6) is 0.829. The Kier molecular flexibility index (Phi) is 3.63. The molecule has 2 heteroatoms. The lowest BCUT2D eigenvalue weighted by molar-refractivity contribution is 0.0404. The summed E-state index contributed by atoms with van der Waals surface area (Å²) < 4.78 is 5.71. The van der Waals surface area contributed by atoms with Crippen molar-refractivity contribution >= 4 is 5.97 Å². The standard InChI is InChI=1S/C24H20O2/c25-24(16-8-2-1-3-9-16)26-15-17-14-22-18-10-4-6-12-20(18)23(17)21-13-7-5-11-19(21)22/h1-13,17,22-23H,14-15H2. The van der Waals surface area contributed by atoms with Gasteiger partial charge in [0.25, 0.3) is 0 Å². The fourth-order valence-electron chi connectivity index (χ4n) is 4.76. The molecule has 2 nitrogen and oxygen atoms in total. The summed E-state index contributed by atoms with van der Waals surface area (Å²) in [5, 5.41) is 0. The second-order valence-corrected chi connectivity index (χ2v) is 7.25. The highest BCUT2D eigenvalue weighted by atomic mass is 16.5. The van der Waals surface area contributed by atoms with E-state index in [2.05, 4.69) is 48.5 Å². The van der Waals surface area contributed by atoms with Crippen molar-refractivity contribution in [2.24, 2.45) is 5.92 Å². The molecule has 3 aliphatic rings. The van der Waals surface area contributed by atoms with Gasteiger partial charge in [-0.25, -0.2) is 4.79 Å². The number of hydrogen-bond acceptors (Lipinski definition) is 2. The van der Waals surface area contributed by atoms with Crippen LogP contribution in [-0.2, 0) is 4.74 Å². The first-order valence-corrected chi connectivity index (χ1v) is 9.23. The third kappa shape index (κ3) is 2.37. The number of carbonyl (C=O) groups is 1. The topological polar surface area (TPSA) is 26.3 Å². The summed E-state index contributed by atoms with van der Waals surface area (Å²) in [6.07, 6.45) is 1.04. The third-order valence-electron chi connectivity index (χ3n) is 5.86. The third-order valence-corrected chi connectivity index (χ3v) is 5.86. The quantitative estimate of drug-likeness (QED) is 0.617. The maximum Gasteiger partial charge on any atom is 0.338 e. The summed E-state index contributed by atoms with van der Waals surface area (Å²) in [4.78, 5) is 12.4. The zero-order valence-electron chi connectivity index (χ0n) is 14.5. The first-order chi connectivity index (χ1) is 12.8. The number of esters is 1. The van der Waals surface area contributed by atoms with Gasteiger partial charge in [-0.2, -0.15) is 0 Å². The molecule has 1 atom stereocenters. The van der Waals surface area contributed by atoms with Gasteiger partial charge in [-0.3, -0.25) is 0 Å². The highest BCUT2D eigenvalue weighted by molar-refractivity contribution is 5.89. The Morgan fingerprint density at radius 3 is 1.92 bits per heavy atom. The Morgan fingerprint density at radius 1 is 0.769 bits per heavy atom. The van der Waals surface area contributed by atoms with E-state index in [9.17, 15) is 4.79 Å². The minimum Gasteiger partial charge on any atom is -0.462 e. The van der Waals surface area contributed by atoms with Crippen molar-refractivity contribution in [2.45, 2.75) is 18.3 Å². The number of fused-ring (bicyclic) bond motifs is 1. The molecule has 2 bridgehead atoms. The molecule has 3 aromatic rings. The van der Waals surface area contributed by atoms with Crippen LogP contribution < -0.4 is 0 Å². The van der Waals surface area contributed by atoms with E-state index in [0.29, 0.717) is 29.9 Å². The van der Waals surface area contributed by atoms with E-state index in [-0.39, 0.29) is 5.97 Å². The molecule has 0 fully saturated rings. The van der Waals surface area contributed by atoms with Gasteiger partial charge in [-0.1, -0.05) is 66.7 Å². The van der Waals surface area contributed by atoms with E-state index < -0.39 is 0 Å². The lowest BCUT2D eigenvalue weighted by atomic mass is 9.59. The van der Waals surface area contributed by atoms with Crippen LogP contribution in [0.2, 0.25) is 0 Å². The zero-order valence-corrected chi connectivity index (χ0v) is 14.5. The fraction of sp³-hybridized carbons (Fsp3) is 0.208. The summed E-state index contributed by atoms with van der Waals surface area (Å²) in [6, 6.07) is 26.8. The molecule has 6 rings (SSSR count). The first-order valence-electron chi connectivity index (χ1n) is 9.23. The van der Waals surface area contributed by atoms with Crippen molar-refractivity contribution in [2.75, 3.05) is 6.61 Å². The predicted molar refractivity (Wildman–Crippen MR) is 101 cm³/mol. The van der Waals surface area contributed by atoms with Crippen molar-refractivity contribution in [1.29, 1.82) is 0 Å². The molecule has 3 aromatic carbocycles. The highest BCUT2D eigenvalue weighted by Crippen LogP contribution is 2.55. The predicted octanol–water partition coefficient (Wildman–Crippen LogP) is 5.14. The lowest BCUT2D eigenvalue weighted by Gasteiger charge is -2.45. The molecular weight excluding hydrogens is 320 g/mol. The Labute approximate surface area is 153 Å². The van der Waals surface area contributed by atoms with Crippen LogP contribution in [0.5, 0.6) is 0 Å². The summed E-state index contributed by atoms with van der Waals surface area (Å²) >= 11 is 0. The Bertz CT molecular complexity index is 913. The van der Waals surface area contributed by atoms with Crippen LogP contribution in [0.1, 0.15) is 50.9 Å². The minimum absolute atomic E-state index is 0.228. The minimum atomic E-state index is -0.228. The average molecular weight is 340 g/mol. The maximum atomic E-state index is 12.4. The van der Waals surface area contributed by atoms with Gasteiger partial charge in [0.15, 0.2) is 0 Å². The molecule has 26 heavy (non-hydrogen) atoms. The monoisotopic (exact) mass is 340 g/mol. The van der Waals surface area contributed by atoms with Crippen LogP contribution >= 0.6 is 0 Å². The van der Waals surface area contributed by atoms with Gasteiger partial charge in [0.2, 0.25) is 0 Å². The van der Waals surface area contributed by atoms with Crippen molar-refractivity contribution in [3.63, 3.8) is 0 Å². The number of benzene rings is 3. The number of ether oxygens (including phenoxy) is 1. The SMILES string of the molecule is O=C(OCC1CC2c3ccccc3C1c1ccccc12)c1ccccc1. The Balaban J connectivity index is 1.45. The van der Waals surface area contributed by atoms with Gasteiger partial charge in [0, 0.05) is 17.8 Å². The van der Waals surface area contributed by atoms with Crippen LogP contribution in [-0.4, -0.2) is 12.6 Å². The Morgan fingerprint density at radius 2 is 1.31 bits per heavy atom. The number of carbonyl (C=O) groups excluding carboxylic acids is 1. The number of rotatable bonds is 3. The molecule has 0 N–H and O–H groups in total. The molecule has 1 unspecified atom stereocenters. The maximum absolute atomic E-state index is 12.4. The van der Waals surface area contributed by atoms with Gasteiger partial charge < -0.3 is 4.74 Å². The van der Waals surface area contributed by atoms with Crippen molar-refractivity contribution in [3.05, 3.63) is 107 Å². The van der Waals surface area contributed by atoms with Gasteiger partial charge >= 0.3 is 5.97 Å². The molecule has 0 aromatic heterocycles. The molecular formula is C24H20O2. The second-order valence-electron chi connectivity index (χ2n) is 7.25. The van der Waals surface area contributed by atoms with Gasteiger partial charge in [0.1, 0.15) is 0 Å².